The van der Waals surface area contributed by atoms with E-state index in [0.717, 1.165) is 26.9 Å². The predicted octanol–water partition coefficient (Wildman–Crippen LogP) is 5.05. The summed E-state index contributed by atoms with van der Waals surface area (Å²) < 4.78 is 2.87. The average Bonchev–Trinajstić information content (AvgIpc) is 3.04. The molecule has 0 aliphatic rings. The Balaban J connectivity index is 1.67. The van der Waals surface area contributed by atoms with Crippen molar-refractivity contribution in [2.24, 2.45) is 7.05 Å². The molecule has 140 valence electrons. The molecule has 0 aliphatic heterocycles. The lowest BCUT2D eigenvalue weighted by Crippen LogP contribution is -2.30. The van der Waals surface area contributed by atoms with E-state index < -0.39 is 0 Å². The molecule has 0 fully saturated rings. The number of rotatable bonds is 5. The predicted molar refractivity (Wildman–Crippen MR) is 115 cm³/mol. The highest BCUT2D eigenvalue weighted by Crippen LogP contribution is 2.23. The van der Waals surface area contributed by atoms with Crippen LogP contribution in [0.1, 0.15) is 27.8 Å². The Labute approximate surface area is 172 Å². The Morgan fingerprint density at radius 1 is 1.00 bits per heavy atom. The number of aromatic nitrogens is 2. The number of aryl methyl sites for hydroxylation is 1. The Bertz CT molecular complexity index is 1120. The Morgan fingerprint density at radius 2 is 1.68 bits per heavy atom. The SMILES string of the molecule is Cn1c(C[C@@H](NC(=O)c2ccccc2Br)c2ccccc2)nc2ccccc21. The van der Waals surface area contributed by atoms with Gasteiger partial charge in [-0.25, -0.2) is 4.98 Å². The van der Waals surface area contributed by atoms with Gasteiger partial charge < -0.3 is 9.88 Å². The van der Waals surface area contributed by atoms with Crippen LogP contribution in [0, 0.1) is 0 Å². The molecule has 1 amide bonds. The van der Waals surface area contributed by atoms with Gasteiger partial charge in [-0.15, -0.1) is 0 Å². The summed E-state index contributed by atoms with van der Waals surface area (Å²) in [5.41, 5.74) is 3.72. The van der Waals surface area contributed by atoms with Crippen molar-refractivity contribution in [1.29, 1.82) is 0 Å². The van der Waals surface area contributed by atoms with Crippen LogP contribution in [0.4, 0.5) is 0 Å². The minimum absolute atomic E-state index is 0.111. The second kappa shape index (κ2) is 7.98. The maximum Gasteiger partial charge on any atom is 0.252 e. The smallest absolute Gasteiger partial charge is 0.252 e. The van der Waals surface area contributed by atoms with Gasteiger partial charge in [0.25, 0.3) is 5.91 Å². The standard InChI is InChI=1S/C23H20BrN3O/c1-27-21-14-8-7-13-19(21)25-22(27)15-20(16-9-3-2-4-10-16)26-23(28)17-11-5-6-12-18(17)24/h2-14,20H,15H2,1H3,(H,26,28)/t20-/m1/s1. The number of fused-ring (bicyclic) bond motifs is 1. The topological polar surface area (TPSA) is 46.9 Å². The number of carbonyl (C=O) groups is 1. The first kappa shape index (κ1) is 18.4. The van der Waals surface area contributed by atoms with E-state index in [0.29, 0.717) is 12.0 Å². The summed E-state index contributed by atoms with van der Waals surface area (Å²) in [6.45, 7) is 0. The largest absolute Gasteiger partial charge is 0.345 e. The van der Waals surface area contributed by atoms with Crippen LogP contribution in [0.15, 0.2) is 83.3 Å². The molecule has 1 atom stereocenters. The number of para-hydroxylation sites is 2. The van der Waals surface area contributed by atoms with Crippen molar-refractivity contribution in [2.75, 3.05) is 0 Å². The Morgan fingerprint density at radius 3 is 2.43 bits per heavy atom. The van der Waals surface area contributed by atoms with Crippen molar-refractivity contribution in [2.45, 2.75) is 12.5 Å². The maximum absolute atomic E-state index is 12.9. The van der Waals surface area contributed by atoms with E-state index in [1.165, 1.54) is 0 Å². The second-order valence-corrected chi connectivity index (χ2v) is 7.55. The average molecular weight is 434 g/mol. The van der Waals surface area contributed by atoms with Crippen LogP contribution >= 0.6 is 15.9 Å². The lowest BCUT2D eigenvalue weighted by molar-refractivity contribution is 0.0935. The van der Waals surface area contributed by atoms with Crippen molar-refractivity contribution < 1.29 is 4.79 Å². The Kier molecular flexibility index (Phi) is 5.26. The number of imidazole rings is 1. The first-order valence-corrected chi connectivity index (χ1v) is 9.93. The highest BCUT2D eigenvalue weighted by Gasteiger charge is 2.20. The van der Waals surface area contributed by atoms with Crippen molar-refractivity contribution >= 4 is 32.9 Å². The van der Waals surface area contributed by atoms with Gasteiger partial charge in [-0.2, -0.15) is 0 Å². The number of carbonyl (C=O) groups excluding carboxylic acids is 1. The van der Waals surface area contributed by atoms with E-state index in [1.54, 1.807) is 0 Å². The molecule has 0 bridgehead atoms. The summed E-state index contributed by atoms with van der Waals surface area (Å²) >= 11 is 3.47. The molecule has 1 N–H and O–H groups in total. The second-order valence-electron chi connectivity index (χ2n) is 6.70. The molecule has 28 heavy (non-hydrogen) atoms. The summed E-state index contributed by atoms with van der Waals surface area (Å²) in [4.78, 5) is 17.7. The minimum Gasteiger partial charge on any atom is -0.345 e. The fraction of sp³-hybridized carbons (Fsp3) is 0.130. The van der Waals surface area contributed by atoms with Gasteiger partial charge in [-0.05, 0) is 45.8 Å². The zero-order chi connectivity index (χ0) is 19.5. The first-order chi connectivity index (χ1) is 13.6. The molecule has 4 rings (SSSR count). The van der Waals surface area contributed by atoms with Gasteiger partial charge >= 0.3 is 0 Å². The van der Waals surface area contributed by atoms with Crippen molar-refractivity contribution in [3.8, 4) is 0 Å². The molecular formula is C23H20BrN3O. The molecule has 0 saturated heterocycles. The lowest BCUT2D eigenvalue weighted by atomic mass is 10.0. The molecule has 4 aromatic rings. The van der Waals surface area contributed by atoms with Gasteiger partial charge in [0, 0.05) is 17.9 Å². The number of benzene rings is 3. The maximum atomic E-state index is 12.9. The van der Waals surface area contributed by atoms with Crippen LogP contribution in [0.25, 0.3) is 11.0 Å². The van der Waals surface area contributed by atoms with Crippen LogP contribution in [-0.4, -0.2) is 15.5 Å². The number of nitrogens with zero attached hydrogens (tertiary/aromatic N) is 2. The fourth-order valence-electron chi connectivity index (χ4n) is 3.38. The van der Waals surface area contributed by atoms with Crippen LogP contribution in [0.3, 0.4) is 0 Å². The zero-order valence-corrected chi connectivity index (χ0v) is 17.1. The third-order valence-electron chi connectivity index (χ3n) is 4.89. The van der Waals surface area contributed by atoms with E-state index in [-0.39, 0.29) is 11.9 Å². The number of halogens is 1. The minimum atomic E-state index is -0.184. The monoisotopic (exact) mass is 433 g/mol. The molecule has 4 nitrogen and oxygen atoms in total. The summed E-state index contributed by atoms with van der Waals surface area (Å²) in [5, 5.41) is 3.19. The van der Waals surface area contributed by atoms with E-state index in [9.17, 15) is 4.79 Å². The molecule has 0 unspecified atom stereocenters. The fourth-order valence-corrected chi connectivity index (χ4v) is 3.84. The molecule has 0 spiro atoms. The van der Waals surface area contributed by atoms with Gasteiger partial charge in [-0.3, -0.25) is 4.79 Å². The quantitative estimate of drug-likeness (QED) is 0.478. The van der Waals surface area contributed by atoms with Gasteiger partial charge in [0.15, 0.2) is 0 Å². The van der Waals surface area contributed by atoms with Gasteiger partial charge in [0.1, 0.15) is 5.82 Å². The van der Waals surface area contributed by atoms with E-state index in [4.69, 9.17) is 4.98 Å². The highest BCUT2D eigenvalue weighted by atomic mass is 79.9. The summed E-state index contributed by atoms with van der Waals surface area (Å²) in [6.07, 6.45) is 0.603. The summed E-state index contributed by atoms with van der Waals surface area (Å²) in [7, 11) is 2.02. The van der Waals surface area contributed by atoms with Crippen LogP contribution < -0.4 is 5.32 Å². The first-order valence-electron chi connectivity index (χ1n) is 9.14. The number of hydrogen-bond acceptors (Lipinski definition) is 2. The molecular weight excluding hydrogens is 414 g/mol. The molecule has 0 aliphatic carbocycles. The summed E-state index contributed by atoms with van der Waals surface area (Å²) in [5.74, 6) is 0.822. The molecule has 5 heteroatoms. The number of amides is 1. The van der Waals surface area contributed by atoms with Gasteiger partial charge in [-0.1, -0.05) is 54.6 Å². The molecule has 1 aromatic heterocycles. The zero-order valence-electron chi connectivity index (χ0n) is 15.5. The molecule has 3 aromatic carbocycles. The molecule has 0 saturated carbocycles. The number of hydrogen-bond donors (Lipinski definition) is 1. The van der Waals surface area contributed by atoms with Crippen LogP contribution in [0.5, 0.6) is 0 Å². The van der Waals surface area contributed by atoms with E-state index in [1.807, 2.05) is 79.8 Å². The van der Waals surface area contributed by atoms with E-state index >= 15 is 0 Å². The van der Waals surface area contributed by atoms with E-state index in [2.05, 4.69) is 31.9 Å². The van der Waals surface area contributed by atoms with Crippen LogP contribution in [-0.2, 0) is 13.5 Å². The molecule has 1 heterocycles. The third-order valence-corrected chi connectivity index (χ3v) is 5.58. The lowest BCUT2D eigenvalue weighted by Gasteiger charge is -2.20. The Hall–Kier alpha value is -2.92. The van der Waals surface area contributed by atoms with Gasteiger partial charge in [0.05, 0.1) is 22.6 Å². The normalized spacial score (nSPS) is 12.1. The van der Waals surface area contributed by atoms with Gasteiger partial charge in [0.2, 0.25) is 0 Å². The third kappa shape index (κ3) is 3.71. The van der Waals surface area contributed by atoms with Crippen LogP contribution in [0.2, 0.25) is 0 Å². The number of nitrogens with one attached hydrogen (secondary N) is 1. The van der Waals surface area contributed by atoms with Crippen molar-refractivity contribution in [3.05, 3.63) is 100 Å². The van der Waals surface area contributed by atoms with Crippen molar-refractivity contribution in [1.82, 2.24) is 14.9 Å². The molecule has 0 radical (unpaired) electrons. The summed E-state index contributed by atoms with van der Waals surface area (Å²) in [6, 6.07) is 25.4. The highest BCUT2D eigenvalue weighted by molar-refractivity contribution is 9.10. The van der Waals surface area contributed by atoms with Crippen molar-refractivity contribution in [3.63, 3.8) is 0 Å².